The van der Waals surface area contributed by atoms with E-state index >= 15 is 0 Å². The number of aliphatic carboxylic acids is 1. The van der Waals surface area contributed by atoms with Gasteiger partial charge in [-0.1, -0.05) is 13.3 Å². The van der Waals surface area contributed by atoms with Crippen LogP contribution in [0.4, 0.5) is 0 Å². The van der Waals surface area contributed by atoms with Crippen LogP contribution in [0, 0.1) is 11.8 Å². The van der Waals surface area contributed by atoms with Crippen LogP contribution in [0.15, 0.2) is 0 Å². The Labute approximate surface area is 116 Å². The zero-order valence-corrected chi connectivity index (χ0v) is 12.3. The van der Waals surface area contributed by atoms with E-state index in [1.807, 2.05) is 13.8 Å². The predicted octanol–water partition coefficient (Wildman–Crippen LogP) is 1.95. The smallest absolute Gasteiger partial charge is 0.323 e. The highest BCUT2D eigenvalue weighted by Gasteiger charge is 2.35. The Balaban J connectivity index is 1.85. The molecule has 0 radical (unpaired) electrons. The van der Waals surface area contributed by atoms with Gasteiger partial charge in [-0.15, -0.1) is 0 Å². The van der Waals surface area contributed by atoms with E-state index in [0.29, 0.717) is 13.0 Å². The quantitative estimate of drug-likeness (QED) is 0.773. The molecule has 1 saturated heterocycles. The number of rotatable bonds is 6. The van der Waals surface area contributed by atoms with Gasteiger partial charge in [-0.3, -0.25) is 4.79 Å². The van der Waals surface area contributed by atoms with Crippen molar-refractivity contribution in [3.8, 4) is 0 Å². The number of hydrogen-bond donors (Lipinski definition) is 2. The van der Waals surface area contributed by atoms with E-state index in [1.165, 1.54) is 38.8 Å². The first-order chi connectivity index (χ1) is 9.03. The summed E-state index contributed by atoms with van der Waals surface area (Å²) in [5.74, 6) is 0.997. The van der Waals surface area contributed by atoms with Gasteiger partial charge in [0.05, 0.1) is 0 Å². The Morgan fingerprint density at radius 1 is 1.37 bits per heavy atom. The lowest BCUT2D eigenvalue weighted by atomic mass is 9.78. The van der Waals surface area contributed by atoms with Crippen LogP contribution in [-0.4, -0.2) is 47.7 Å². The largest absolute Gasteiger partial charge is 0.480 e. The number of likely N-dealkylation sites (N-methyl/N-ethyl adjacent to an activating group) is 1. The summed E-state index contributed by atoms with van der Waals surface area (Å²) in [6, 6.07) is 0. The Bertz CT molecular complexity index is 309. The van der Waals surface area contributed by atoms with Gasteiger partial charge < -0.3 is 15.3 Å². The van der Waals surface area contributed by atoms with E-state index in [0.717, 1.165) is 18.4 Å². The van der Waals surface area contributed by atoms with E-state index in [-0.39, 0.29) is 0 Å². The SMILES string of the molecule is CCNC(C)(CCN1CC2CCCC(C2)C1)C(=O)O. The second kappa shape index (κ2) is 6.23. The normalized spacial score (nSPS) is 30.8. The van der Waals surface area contributed by atoms with E-state index in [4.69, 9.17) is 0 Å². The van der Waals surface area contributed by atoms with Gasteiger partial charge in [0.2, 0.25) is 0 Å². The molecular formula is C15H28N2O2. The van der Waals surface area contributed by atoms with Crippen LogP contribution in [-0.2, 0) is 4.79 Å². The summed E-state index contributed by atoms with van der Waals surface area (Å²) >= 11 is 0. The first-order valence-corrected chi connectivity index (χ1v) is 7.74. The number of carboxylic acid groups (broad SMARTS) is 1. The summed E-state index contributed by atoms with van der Waals surface area (Å²) in [6.45, 7) is 7.74. The molecule has 1 heterocycles. The number of nitrogens with zero attached hydrogens (tertiary/aromatic N) is 1. The van der Waals surface area contributed by atoms with Crippen molar-refractivity contribution in [3.63, 3.8) is 0 Å². The third-order valence-electron chi connectivity index (χ3n) is 4.89. The maximum Gasteiger partial charge on any atom is 0.323 e. The van der Waals surface area contributed by atoms with E-state index in [2.05, 4.69) is 10.2 Å². The Morgan fingerprint density at radius 3 is 2.53 bits per heavy atom. The zero-order valence-electron chi connectivity index (χ0n) is 12.3. The lowest BCUT2D eigenvalue weighted by Gasteiger charge is -2.42. The van der Waals surface area contributed by atoms with Gasteiger partial charge in [0.1, 0.15) is 5.54 Å². The van der Waals surface area contributed by atoms with Crippen molar-refractivity contribution < 1.29 is 9.90 Å². The number of piperidine rings is 1. The predicted molar refractivity (Wildman–Crippen MR) is 76.2 cm³/mol. The van der Waals surface area contributed by atoms with Crippen molar-refractivity contribution in [2.75, 3.05) is 26.2 Å². The van der Waals surface area contributed by atoms with Crippen LogP contribution >= 0.6 is 0 Å². The molecule has 0 aromatic heterocycles. The van der Waals surface area contributed by atoms with Crippen LogP contribution in [0.5, 0.6) is 0 Å². The van der Waals surface area contributed by atoms with Crippen LogP contribution < -0.4 is 5.32 Å². The molecule has 0 aromatic carbocycles. The van der Waals surface area contributed by atoms with Crippen molar-refractivity contribution >= 4 is 5.97 Å². The molecule has 2 aliphatic rings. The molecule has 3 atom stereocenters. The number of carbonyl (C=O) groups is 1. The number of hydrogen-bond acceptors (Lipinski definition) is 3. The molecule has 2 fully saturated rings. The van der Waals surface area contributed by atoms with Crippen LogP contribution in [0.3, 0.4) is 0 Å². The minimum atomic E-state index is -0.776. The van der Waals surface area contributed by atoms with Gasteiger partial charge in [-0.2, -0.15) is 0 Å². The minimum Gasteiger partial charge on any atom is -0.480 e. The van der Waals surface area contributed by atoms with Crippen molar-refractivity contribution in [2.45, 2.75) is 51.5 Å². The summed E-state index contributed by atoms with van der Waals surface area (Å²) in [5, 5.41) is 12.5. The van der Waals surface area contributed by atoms with Crippen LogP contribution in [0.2, 0.25) is 0 Å². The molecule has 2 N–H and O–H groups in total. The molecule has 110 valence electrons. The van der Waals surface area contributed by atoms with E-state index in [1.54, 1.807) is 0 Å². The highest BCUT2D eigenvalue weighted by Crippen LogP contribution is 2.34. The molecule has 1 aliphatic heterocycles. The highest BCUT2D eigenvalue weighted by molar-refractivity contribution is 5.78. The van der Waals surface area contributed by atoms with Gasteiger partial charge >= 0.3 is 5.97 Å². The summed E-state index contributed by atoms with van der Waals surface area (Å²) in [6.07, 6.45) is 6.23. The Hall–Kier alpha value is -0.610. The lowest BCUT2D eigenvalue weighted by Crippen LogP contribution is -2.52. The van der Waals surface area contributed by atoms with Gasteiger partial charge in [-0.05, 0) is 51.0 Å². The maximum absolute atomic E-state index is 11.4. The Morgan fingerprint density at radius 2 is 2.00 bits per heavy atom. The van der Waals surface area contributed by atoms with Gasteiger partial charge in [-0.25, -0.2) is 0 Å². The first kappa shape index (κ1) is 14.8. The molecule has 19 heavy (non-hydrogen) atoms. The standard InChI is InChI=1S/C15H28N2O2/c1-3-16-15(2,14(18)19)7-8-17-10-12-5-4-6-13(9-12)11-17/h12-13,16H,3-11H2,1-2H3,(H,18,19). The van der Waals surface area contributed by atoms with Gasteiger partial charge in [0, 0.05) is 19.6 Å². The number of likely N-dealkylation sites (tertiary alicyclic amines) is 1. The third kappa shape index (κ3) is 3.69. The molecular weight excluding hydrogens is 240 g/mol. The molecule has 2 rings (SSSR count). The van der Waals surface area contributed by atoms with Crippen LogP contribution in [0.25, 0.3) is 0 Å². The minimum absolute atomic E-state index is 0.690. The fraction of sp³-hybridized carbons (Fsp3) is 0.933. The summed E-state index contributed by atoms with van der Waals surface area (Å²) in [5.41, 5.74) is -0.776. The maximum atomic E-state index is 11.4. The van der Waals surface area contributed by atoms with E-state index in [9.17, 15) is 9.90 Å². The molecule has 4 nitrogen and oxygen atoms in total. The fourth-order valence-corrected chi connectivity index (χ4v) is 3.76. The summed E-state index contributed by atoms with van der Waals surface area (Å²) in [7, 11) is 0. The van der Waals surface area contributed by atoms with Crippen molar-refractivity contribution in [2.24, 2.45) is 11.8 Å². The van der Waals surface area contributed by atoms with Crippen molar-refractivity contribution in [3.05, 3.63) is 0 Å². The summed E-state index contributed by atoms with van der Waals surface area (Å²) < 4.78 is 0. The number of carboxylic acids is 1. The molecule has 3 unspecified atom stereocenters. The fourth-order valence-electron chi connectivity index (χ4n) is 3.76. The number of fused-ring (bicyclic) bond motifs is 2. The van der Waals surface area contributed by atoms with Crippen molar-refractivity contribution in [1.82, 2.24) is 10.2 Å². The second-order valence-corrected chi connectivity index (χ2v) is 6.58. The van der Waals surface area contributed by atoms with Crippen molar-refractivity contribution in [1.29, 1.82) is 0 Å². The molecule has 0 amide bonds. The topological polar surface area (TPSA) is 52.6 Å². The second-order valence-electron chi connectivity index (χ2n) is 6.58. The lowest BCUT2D eigenvalue weighted by molar-refractivity contribution is -0.144. The molecule has 2 bridgehead atoms. The monoisotopic (exact) mass is 268 g/mol. The highest BCUT2D eigenvalue weighted by atomic mass is 16.4. The van der Waals surface area contributed by atoms with Gasteiger partial charge in [0.15, 0.2) is 0 Å². The first-order valence-electron chi connectivity index (χ1n) is 7.74. The molecule has 1 saturated carbocycles. The summed E-state index contributed by atoms with van der Waals surface area (Å²) in [4.78, 5) is 13.9. The molecule has 4 heteroatoms. The zero-order chi connectivity index (χ0) is 13.9. The number of nitrogens with one attached hydrogen (secondary N) is 1. The molecule has 1 aliphatic carbocycles. The molecule has 0 aromatic rings. The average molecular weight is 268 g/mol. The molecule has 0 spiro atoms. The Kier molecular flexibility index (Phi) is 4.85. The average Bonchev–Trinajstić information content (AvgIpc) is 2.36. The van der Waals surface area contributed by atoms with E-state index < -0.39 is 11.5 Å². The van der Waals surface area contributed by atoms with Gasteiger partial charge in [0.25, 0.3) is 0 Å². The third-order valence-corrected chi connectivity index (χ3v) is 4.89. The van der Waals surface area contributed by atoms with Crippen LogP contribution in [0.1, 0.15) is 46.0 Å².